The third-order valence-corrected chi connectivity index (χ3v) is 40.6. The van der Waals surface area contributed by atoms with Crippen molar-refractivity contribution in [2.45, 2.75) is 72.3 Å². The van der Waals surface area contributed by atoms with Gasteiger partial charge in [0.2, 0.25) is 0 Å². The molecule has 0 saturated carbocycles. The van der Waals surface area contributed by atoms with E-state index in [0.29, 0.717) is 11.1 Å². The number of alkyl halides is 6. The van der Waals surface area contributed by atoms with Gasteiger partial charge in [0, 0.05) is 0 Å². The van der Waals surface area contributed by atoms with Gasteiger partial charge >= 0.3 is 289 Å². The molecule has 0 N–H and O–H groups in total. The Morgan fingerprint density at radius 1 is 0.542 bits per heavy atom. The van der Waals surface area contributed by atoms with E-state index in [1.54, 1.807) is 24.3 Å². The van der Waals surface area contributed by atoms with Gasteiger partial charge in [0.05, 0.1) is 0 Å². The second-order valence-corrected chi connectivity index (χ2v) is 41.1. The van der Waals surface area contributed by atoms with Crippen LogP contribution in [0.5, 0.6) is 0 Å². The molecule has 6 rings (SSSR count). The summed E-state index contributed by atoms with van der Waals surface area (Å²) in [5.74, 6) is -1.32. The summed E-state index contributed by atoms with van der Waals surface area (Å²) in [6.07, 6.45) is -0.945. The van der Waals surface area contributed by atoms with Crippen LogP contribution in [0.4, 0.5) is 26.3 Å². The number of benzene rings is 4. The molecule has 2 aliphatic carbocycles. The summed E-state index contributed by atoms with van der Waals surface area (Å²) in [5, 5.41) is 0. The van der Waals surface area contributed by atoms with Crippen molar-refractivity contribution >= 4 is 18.1 Å². The summed E-state index contributed by atoms with van der Waals surface area (Å²) in [6.45, 7) is 9.15. The van der Waals surface area contributed by atoms with Gasteiger partial charge in [-0.05, 0) is 0 Å². The van der Waals surface area contributed by atoms with Gasteiger partial charge in [-0.3, -0.25) is 0 Å². The summed E-state index contributed by atoms with van der Waals surface area (Å²) in [6, 6.07) is 23.4. The van der Waals surface area contributed by atoms with Gasteiger partial charge in [0.15, 0.2) is 0 Å². The molecule has 0 radical (unpaired) electrons. The minimum absolute atomic E-state index is 0.203. The zero-order valence-corrected chi connectivity index (χ0v) is 32.3. The fourth-order valence-corrected chi connectivity index (χ4v) is 40.4. The van der Waals surface area contributed by atoms with Crippen LogP contribution in [0.25, 0.3) is 34.4 Å². The normalized spacial score (nSPS) is 17.3. The van der Waals surface area contributed by atoms with Crippen LogP contribution >= 0.6 is 0 Å². The quantitative estimate of drug-likeness (QED) is 0.116. The van der Waals surface area contributed by atoms with Crippen molar-refractivity contribution < 1.29 is 46.9 Å². The standard InChI is InChI=1S/2C19H16F3.C2H7Si.Hf/c2*1-2-6-13-11-14-7-5-9-15(17(14)12-13)16-8-3-4-10-18(16)19(20,21)22;1-3-2;/h2*3-5,7-12H,2,6H2,1H3;3H,1-2H3;. The fraction of sp³-hybridized carbons (Fsp3) is 0.300. The topological polar surface area (TPSA) is 0 Å². The first-order valence-electron chi connectivity index (χ1n) is 16.7. The van der Waals surface area contributed by atoms with Crippen molar-refractivity contribution in [3.8, 4) is 22.3 Å². The van der Waals surface area contributed by atoms with Crippen molar-refractivity contribution in [3.05, 3.63) is 129 Å². The van der Waals surface area contributed by atoms with Crippen LogP contribution in [-0.2, 0) is 33.0 Å². The van der Waals surface area contributed by atoms with E-state index in [0.717, 1.165) is 60.1 Å². The van der Waals surface area contributed by atoms with Gasteiger partial charge in [-0.15, -0.1) is 0 Å². The second kappa shape index (κ2) is 13.7. The summed E-state index contributed by atoms with van der Waals surface area (Å²) in [4.78, 5) is 0. The molecule has 2 aliphatic rings. The fourth-order valence-electron chi connectivity index (χ4n) is 7.96. The molecule has 0 saturated heterocycles. The van der Waals surface area contributed by atoms with Gasteiger partial charge < -0.3 is 0 Å². The molecular weight excluding hydrogens is 801 g/mol. The predicted octanol–water partition coefficient (Wildman–Crippen LogP) is 12.8. The van der Waals surface area contributed by atoms with Crippen molar-refractivity contribution in [1.82, 2.24) is 0 Å². The van der Waals surface area contributed by atoms with Crippen molar-refractivity contribution in [1.29, 1.82) is 0 Å². The first-order chi connectivity index (χ1) is 22.9. The van der Waals surface area contributed by atoms with E-state index in [2.05, 4.69) is 51.2 Å². The molecule has 0 heterocycles. The van der Waals surface area contributed by atoms with E-state index < -0.39 is 50.1 Å². The number of halogens is 6. The van der Waals surface area contributed by atoms with Gasteiger partial charge in [0.1, 0.15) is 0 Å². The van der Waals surface area contributed by atoms with Crippen LogP contribution in [-0.4, -0.2) is 5.98 Å². The van der Waals surface area contributed by atoms with Crippen LogP contribution in [0.3, 0.4) is 0 Å². The zero-order chi connectivity index (χ0) is 34.4. The predicted molar refractivity (Wildman–Crippen MR) is 184 cm³/mol. The number of fused-ring (bicyclic) bond motifs is 2. The van der Waals surface area contributed by atoms with Gasteiger partial charge in [-0.25, -0.2) is 0 Å². The molecule has 4 aromatic carbocycles. The third kappa shape index (κ3) is 6.39. The molecule has 2 unspecified atom stereocenters. The Morgan fingerprint density at radius 3 is 1.27 bits per heavy atom. The van der Waals surface area contributed by atoms with Crippen molar-refractivity contribution in [2.75, 3.05) is 0 Å². The van der Waals surface area contributed by atoms with Crippen LogP contribution in [0.2, 0.25) is 13.1 Å². The molecule has 48 heavy (non-hydrogen) atoms. The molecule has 0 nitrogen and oxygen atoms in total. The molecular formula is C40H39F6HfSi. The Labute approximate surface area is 287 Å². The average molecular weight is 840 g/mol. The van der Waals surface area contributed by atoms with E-state index in [-0.39, 0.29) is 18.5 Å². The Kier molecular flexibility index (Phi) is 9.98. The van der Waals surface area contributed by atoms with Crippen LogP contribution in [0.15, 0.2) is 96.1 Å². The molecule has 0 aromatic heterocycles. The van der Waals surface area contributed by atoms with E-state index in [1.807, 2.05) is 24.3 Å². The van der Waals surface area contributed by atoms with Crippen LogP contribution in [0, 0.1) is 0 Å². The molecule has 8 heteroatoms. The number of hydrogen-bond acceptors (Lipinski definition) is 0. The van der Waals surface area contributed by atoms with Gasteiger partial charge in [-0.2, -0.15) is 0 Å². The molecule has 0 spiro atoms. The summed E-state index contributed by atoms with van der Waals surface area (Å²) in [5.41, 5.74) is 7.17. The number of hydrogen-bond donors (Lipinski definition) is 0. The molecule has 4 aromatic rings. The third-order valence-electron chi connectivity index (χ3n) is 9.76. The van der Waals surface area contributed by atoms with Crippen molar-refractivity contribution in [3.63, 3.8) is 0 Å². The van der Waals surface area contributed by atoms with Gasteiger partial charge in [0.25, 0.3) is 0 Å². The average Bonchev–Trinajstić information content (AvgIpc) is 3.59. The van der Waals surface area contributed by atoms with E-state index in [4.69, 9.17) is 0 Å². The SMILES string of the molecule is CCCC1=Cc2c(-c3ccccc3C(F)(F)F)cccc2[CH]1[Hf]([CH]1C(CCC)=Cc2c(-c3ccccc3C(F)(F)F)cccc21)[SiH](C)C. The summed E-state index contributed by atoms with van der Waals surface area (Å²) < 4.78 is 85.8. The van der Waals surface area contributed by atoms with Crippen LogP contribution < -0.4 is 0 Å². The maximum atomic E-state index is 14.2. The zero-order valence-electron chi connectivity index (χ0n) is 27.6. The second-order valence-electron chi connectivity index (χ2n) is 13.2. The first-order valence-corrected chi connectivity index (χ1v) is 30.0. The molecule has 0 fully saturated rings. The first kappa shape index (κ1) is 34.9. The minimum atomic E-state index is -4.48. The number of allylic oxidation sites excluding steroid dienone is 2. The Hall–Kier alpha value is -2.97. The Balaban J connectivity index is 1.54. The maximum absolute atomic E-state index is 14.2. The Bertz CT molecular complexity index is 1750. The van der Waals surface area contributed by atoms with Crippen molar-refractivity contribution in [2.24, 2.45) is 0 Å². The molecule has 249 valence electrons. The Morgan fingerprint density at radius 2 is 0.917 bits per heavy atom. The molecule has 0 aliphatic heterocycles. The van der Waals surface area contributed by atoms with E-state index >= 15 is 0 Å². The van der Waals surface area contributed by atoms with E-state index in [1.165, 1.54) is 23.3 Å². The summed E-state index contributed by atoms with van der Waals surface area (Å²) >= 11 is -2.89. The number of rotatable bonds is 9. The van der Waals surface area contributed by atoms with E-state index in [9.17, 15) is 26.3 Å². The van der Waals surface area contributed by atoms with Crippen LogP contribution in [0.1, 0.15) is 80.3 Å². The van der Waals surface area contributed by atoms with Gasteiger partial charge in [-0.1, -0.05) is 0 Å². The molecule has 0 amide bonds. The molecule has 0 bridgehead atoms. The molecule has 2 atom stereocenters. The summed E-state index contributed by atoms with van der Waals surface area (Å²) in [7, 11) is 0. The monoisotopic (exact) mass is 841 g/mol.